The van der Waals surface area contributed by atoms with Crippen LogP contribution in [0.5, 0.6) is 0 Å². The van der Waals surface area contributed by atoms with Gasteiger partial charge in [0.15, 0.2) is 0 Å². The molecule has 1 aromatic rings. The number of aliphatic hydroxyl groups is 1. The Kier molecular flexibility index (Phi) is 6.46. The lowest BCUT2D eigenvalue weighted by atomic mass is 9.94. The topological polar surface area (TPSA) is 35.5 Å². The molecular formula is C14H20ClF3N2O. The molecular weight excluding hydrogens is 305 g/mol. The van der Waals surface area contributed by atoms with Crippen LogP contribution in [0.1, 0.15) is 17.2 Å². The highest BCUT2D eigenvalue weighted by Gasteiger charge is 2.44. The van der Waals surface area contributed by atoms with Gasteiger partial charge in [0, 0.05) is 26.2 Å². The fourth-order valence-corrected chi connectivity index (χ4v) is 2.62. The molecule has 7 heteroatoms. The van der Waals surface area contributed by atoms with Crippen LogP contribution in [-0.2, 0) is 0 Å². The second kappa shape index (κ2) is 7.45. The van der Waals surface area contributed by atoms with Crippen molar-refractivity contribution in [1.82, 2.24) is 10.2 Å². The Hall–Kier alpha value is -0.820. The number of hydrogen-bond acceptors (Lipinski definition) is 3. The van der Waals surface area contributed by atoms with Gasteiger partial charge in [-0.25, -0.2) is 13.2 Å². The summed E-state index contributed by atoms with van der Waals surface area (Å²) in [4.78, 5) is 1.61. The van der Waals surface area contributed by atoms with Crippen LogP contribution < -0.4 is 5.32 Å². The fraction of sp³-hybridized carbons (Fsp3) is 0.571. The first-order chi connectivity index (χ1) is 9.45. The molecule has 2 rings (SSSR count). The summed E-state index contributed by atoms with van der Waals surface area (Å²) in [5, 5.41) is 12.1. The third-order valence-electron chi connectivity index (χ3n) is 3.66. The van der Waals surface area contributed by atoms with E-state index in [4.69, 9.17) is 5.11 Å². The highest BCUT2D eigenvalue weighted by molar-refractivity contribution is 5.85. The lowest BCUT2D eigenvalue weighted by molar-refractivity contribution is -0.118. The minimum atomic E-state index is -3.31. The molecule has 120 valence electrons. The quantitative estimate of drug-likeness (QED) is 0.890. The zero-order valence-electron chi connectivity index (χ0n) is 11.8. The fourth-order valence-electron chi connectivity index (χ4n) is 2.62. The van der Waals surface area contributed by atoms with E-state index in [1.54, 1.807) is 11.8 Å². The molecule has 1 aliphatic heterocycles. The van der Waals surface area contributed by atoms with E-state index >= 15 is 0 Å². The summed E-state index contributed by atoms with van der Waals surface area (Å²) < 4.78 is 41.8. The predicted molar refractivity (Wildman–Crippen MR) is 77.6 cm³/mol. The van der Waals surface area contributed by atoms with E-state index in [0.29, 0.717) is 31.7 Å². The Labute approximate surface area is 128 Å². The summed E-state index contributed by atoms with van der Waals surface area (Å²) in [6.45, 7) is 2.51. The van der Waals surface area contributed by atoms with Gasteiger partial charge >= 0.3 is 0 Å². The van der Waals surface area contributed by atoms with Gasteiger partial charge in [-0.3, -0.25) is 4.90 Å². The van der Waals surface area contributed by atoms with Crippen LogP contribution in [0.25, 0.3) is 0 Å². The van der Waals surface area contributed by atoms with Crippen LogP contribution in [0.15, 0.2) is 18.2 Å². The van der Waals surface area contributed by atoms with Crippen molar-refractivity contribution < 1.29 is 18.3 Å². The smallest absolute Gasteiger partial charge is 0.289 e. The van der Waals surface area contributed by atoms with E-state index < -0.39 is 24.4 Å². The zero-order chi connectivity index (χ0) is 14.8. The molecule has 0 aromatic heterocycles. The first kappa shape index (κ1) is 18.2. The first-order valence-electron chi connectivity index (χ1n) is 6.65. The lowest BCUT2D eigenvalue weighted by Crippen LogP contribution is -2.51. The largest absolute Gasteiger partial charge is 0.390 e. The van der Waals surface area contributed by atoms with Crippen molar-refractivity contribution >= 4 is 12.4 Å². The van der Waals surface area contributed by atoms with E-state index in [-0.39, 0.29) is 18.0 Å². The predicted octanol–water partition coefficient (Wildman–Crippen LogP) is 2.13. The maximum absolute atomic E-state index is 14.2. The SMILES string of the molecule is Cc1ccc(F)cc1[C@H](N1CCNCC1)C(F)(F)CO.Cl. The second-order valence-electron chi connectivity index (χ2n) is 5.11. The number of hydrogen-bond donors (Lipinski definition) is 2. The van der Waals surface area contributed by atoms with E-state index in [2.05, 4.69) is 5.32 Å². The van der Waals surface area contributed by atoms with Crippen molar-refractivity contribution in [2.45, 2.75) is 18.9 Å². The molecule has 1 fully saturated rings. The molecule has 0 aliphatic carbocycles. The number of rotatable bonds is 4. The number of nitrogens with zero attached hydrogens (tertiary/aromatic N) is 1. The van der Waals surface area contributed by atoms with Crippen LogP contribution >= 0.6 is 12.4 Å². The zero-order valence-corrected chi connectivity index (χ0v) is 12.6. The van der Waals surface area contributed by atoms with Gasteiger partial charge in [0.25, 0.3) is 5.92 Å². The molecule has 0 radical (unpaired) electrons. The summed E-state index contributed by atoms with van der Waals surface area (Å²) in [5.74, 6) is -3.85. The maximum atomic E-state index is 14.2. The molecule has 1 saturated heterocycles. The molecule has 0 bridgehead atoms. The molecule has 1 atom stereocenters. The van der Waals surface area contributed by atoms with E-state index in [0.717, 1.165) is 6.07 Å². The summed E-state index contributed by atoms with van der Waals surface area (Å²) in [6, 6.07) is 2.59. The van der Waals surface area contributed by atoms with Crippen molar-refractivity contribution in [2.24, 2.45) is 0 Å². The molecule has 0 amide bonds. The van der Waals surface area contributed by atoms with Crippen LogP contribution in [0.3, 0.4) is 0 Å². The number of piperazine rings is 1. The standard InChI is InChI=1S/C14H19F3N2O.ClH/c1-10-2-3-11(15)8-12(10)13(14(16,17)9-20)19-6-4-18-5-7-19;/h2-3,8,13,18,20H,4-7,9H2,1H3;1H/t13-;/m0./s1. The Morgan fingerprint density at radius 3 is 2.52 bits per heavy atom. The third kappa shape index (κ3) is 4.10. The molecule has 1 aliphatic rings. The number of aliphatic hydroxyl groups excluding tert-OH is 1. The average molecular weight is 325 g/mol. The monoisotopic (exact) mass is 324 g/mol. The minimum absolute atomic E-state index is 0. The van der Waals surface area contributed by atoms with Crippen molar-refractivity contribution in [3.63, 3.8) is 0 Å². The van der Waals surface area contributed by atoms with E-state index in [1.807, 2.05) is 0 Å². The van der Waals surface area contributed by atoms with Gasteiger partial charge in [0.05, 0.1) is 0 Å². The maximum Gasteiger partial charge on any atom is 0.289 e. The van der Waals surface area contributed by atoms with Gasteiger partial charge in [-0.2, -0.15) is 0 Å². The minimum Gasteiger partial charge on any atom is -0.390 e. The second-order valence-corrected chi connectivity index (χ2v) is 5.11. The number of nitrogens with one attached hydrogen (secondary N) is 1. The lowest BCUT2D eigenvalue weighted by Gasteiger charge is -2.39. The number of benzene rings is 1. The molecule has 0 spiro atoms. The Morgan fingerprint density at radius 2 is 1.95 bits per heavy atom. The van der Waals surface area contributed by atoms with Crippen LogP contribution in [0, 0.1) is 12.7 Å². The van der Waals surface area contributed by atoms with Gasteiger partial charge in [-0.05, 0) is 30.2 Å². The summed E-state index contributed by atoms with van der Waals surface area (Å²) in [7, 11) is 0. The highest BCUT2D eigenvalue weighted by atomic mass is 35.5. The van der Waals surface area contributed by atoms with Crippen LogP contribution in [0.2, 0.25) is 0 Å². The van der Waals surface area contributed by atoms with Gasteiger partial charge in [-0.1, -0.05) is 6.07 Å². The molecule has 2 N–H and O–H groups in total. The van der Waals surface area contributed by atoms with Crippen molar-refractivity contribution in [1.29, 1.82) is 0 Å². The van der Waals surface area contributed by atoms with E-state index in [9.17, 15) is 13.2 Å². The summed E-state index contributed by atoms with van der Waals surface area (Å²) >= 11 is 0. The number of alkyl halides is 2. The molecule has 0 unspecified atom stereocenters. The molecule has 1 aromatic carbocycles. The third-order valence-corrected chi connectivity index (χ3v) is 3.66. The van der Waals surface area contributed by atoms with Crippen LogP contribution in [-0.4, -0.2) is 48.7 Å². The molecule has 3 nitrogen and oxygen atoms in total. The Bertz CT molecular complexity index is 468. The van der Waals surface area contributed by atoms with Crippen LogP contribution in [0.4, 0.5) is 13.2 Å². The first-order valence-corrected chi connectivity index (χ1v) is 6.65. The highest BCUT2D eigenvalue weighted by Crippen LogP contribution is 2.38. The Morgan fingerprint density at radius 1 is 1.33 bits per heavy atom. The van der Waals surface area contributed by atoms with E-state index in [1.165, 1.54) is 12.1 Å². The summed E-state index contributed by atoms with van der Waals surface area (Å²) in [6.07, 6.45) is 0. The van der Waals surface area contributed by atoms with Crippen molar-refractivity contribution in [3.8, 4) is 0 Å². The molecule has 21 heavy (non-hydrogen) atoms. The van der Waals surface area contributed by atoms with Gasteiger partial charge < -0.3 is 10.4 Å². The summed E-state index contributed by atoms with van der Waals surface area (Å²) in [5.41, 5.74) is 0.842. The van der Waals surface area contributed by atoms with Gasteiger partial charge in [0.2, 0.25) is 0 Å². The van der Waals surface area contributed by atoms with Crippen molar-refractivity contribution in [3.05, 3.63) is 35.1 Å². The molecule has 1 heterocycles. The van der Waals surface area contributed by atoms with Crippen molar-refractivity contribution in [2.75, 3.05) is 32.8 Å². The van der Waals surface area contributed by atoms with Gasteiger partial charge in [0.1, 0.15) is 18.5 Å². The molecule has 0 saturated carbocycles. The normalized spacial score (nSPS) is 18.1. The van der Waals surface area contributed by atoms with Gasteiger partial charge in [-0.15, -0.1) is 12.4 Å². The Balaban J connectivity index is 0.00000220. The number of halogens is 4. The average Bonchev–Trinajstić information content (AvgIpc) is 2.44. The number of aryl methyl sites for hydroxylation is 1.